The molecule has 2 aromatic carbocycles. The van der Waals surface area contributed by atoms with Crippen LogP contribution >= 0.6 is 11.6 Å². The molecule has 0 aliphatic rings. The summed E-state index contributed by atoms with van der Waals surface area (Å²) < 4.78 is 13.2. The molecule has 0 amide bonds. The first kappa shape index (κ1) is 16.2. The normalized spacial score (nSPS) is 10.6. The van der Waals surface area contributed by atoms with Crippen molar-refractivity contribution in [1.29, 1.82) is 0 Å². The highest BCUT2D eigenvalue weighted by atomic mass is 35.5. The van der Waals surface area contributed by atoms with Crippen LogP contribution in [-0.4, -0.2) is 9.97 Å². The van der Waals surface area contributed by atoms with E-state index in [-0.39, 0.29) is 16.5 Å². The number of rotatable bonds is 4. The third kappa shape index (κ3) is 3.63. The Kier molecular flexibility index (Phi) is 4.62. The van der Waals surface area contributed by atoms with Crippen LogP contribution in [0, 0.1) is 12.7 Å². The number of benzene rings is 2. The van der Waals surface area contributed by atoms with Crippen molar-refractivity contribution in [3.05, 3.63) is 86.5 Å². The SMILES string of the molecule is Cc1nc(Nc2ccc(F)c(Cl)c2)[nH]c(=O)c1Cc1ccccc1. The van der Waals surface area contributed by atoms with Crippen LogP contribution in [0.5, 0.6) is 0 Å². The molecule has 0 aliphatic carbocycles. The molecule has 0 atom stereocenters. The maximum Gasteiger partial charge on any atom is 0.256 e. The maximum absolute atomic E-state index is 13.2. The van der Waals surface area contributed by atoms with Gasteiger partial charge in [-0.2, -0.15) is 0 Å². The third-order valence-corrected chi connectivity index (χ3v) is 3.92. The van der Waals surface area contributed by atoms with Crippen molar-refractivity contribution < 1.29 is 4.39 Å². The summed E-state index contributed by atoms with van der Waals surface area (Å²) in [5, 5.41) is 2.93. The predicted octanol–water partition coefficient (Wildman–Crippen LogP) is 4.21. The molecular formula is C18H15ClFN3O. The minimum absolute atomic E-state index is 0.000216. The fraction of sp³-hybridized carbons (Fsp3) is 0.111. The van der Waals surface area contributed by atoms with E-state index in [9.17, 15) is 9.18 Å². The second kappa shape index (κ2) is 6.84. The highest BCUT2D eigenvalue weighted by Crippen LogP contribution is 2.21. The van der Waals surface area contributed by atoms with Crippen molar-refractivity contribution in [3.63, 3.8) is 0 Å². The standard InChI is InChI=1S/C18H15ClFN3O/c1-11-14(9-12-5-3-2-4-6-12)17(24)23-18(21-11)22-13-7-8-16(20)15(19)10-13/h2-8,10H,9H2,1H3,(H2,21,22,23,24). The summed E-state index contributed by atoms with van der Waals surface area (Å²) >= 11 is 5.75. The summed E-state index contributed by atoms with van der Waals surface area (Å²) in [4.78, 5) is 19.4. The number of H-pyrrole nitrogens is 1. The van der Waals surface area contributed by atoms with Gasteiger partial charge in [0.1, 0.15) is 5.82 Å². The minimum atomic E-state index is -0.502. The first-order valence-corrected chi connectivity index (χ1v) is 7.76. The lowest BCUT2D eigenvalue weighted by Gasteiger charge is -2.10. The Labute approximate surface area is 143 Å². The zero-order valence-corrected chi connectivity index (χ0v) is 13.7. The molecule has 0 saturated heterocycles. The van der Waals surface area contributed by atoms with Gasteiger partial charge in [-0.25, -0.2) is 9.37 Å². The second-order valence-electron chi connectivity index (χ2n) is 5.39. The summed E-state index contributed by atoms with van der Waals surface area (Å²) in [5.41, 5.74) is 2.63. The van der Waals surface area contributed by atoms with E-state index in [0.717, 1.165) is 5.56 Å². The summed E-state index contributed by atoms with van der Waals surface area (Å²) in [6, 6.07) is 13.9. The van der Waals surface area contributed by atoms with Gasteiger partial charge >= 0.3 is 0 Å². The zero-order chi connectivity index (χ0) is 17.1. The number of aromatic nitrogens is 2. The number of hydrogen-bond donors (Lipinski definition) is 2. The first-order chi connectivity index (χ1) is 11.5. The van der Waals surface area contributed by atoms with Gasteiger partial charge in [-0.3, -0.25) is 9.78 Å². The topological polar surface area (TPSA) is 57.8 Å². The van der Waals surface area contributed by atoms with Gasteiger partial charge in [-0.1, -0.05) is 41.9 Å². The number of aromatic amines is 1. The molecule has 122 valence electrons. The quantitative estimate of drug-likeness (QED) is 0.746. The van der Waals surface area contributed by atoms with Gasteiger partial charge in [0.05, 0.1) is 10.7 Å². The first-order valence-electron chi connectivity index (χ1n) is 7.39. The van der Waals surface area contributed by atoms with E-state index in [1.54, 1.807) is 6.92 Å². The molecule has 4 nitrogen and oxygen atoms in total. The van der Waals surface area contributed by atoms with Crippen LogP contribution in [0.15, 0.2) is 53.3 Å². The molecule has 0 spiro atoms. The second-order valence-corrected chi connectivity index (χ2v) is 5.80. The molecule has 2 N–H and O–H groups in total. The van der Waals surface area contributed by atoms with E-state index in [0.29, 0.717) is 23.4 Å². The predicted molar refractivity (Wildman–Crippen MR) is 93.5 cm³/mol. The number of anilines is 2. The Morgan fingerprint density at radius 3 is 2.62 bits per heavy atom. The van der Waals surface area contributed by atoms with Gasteiger partial charge < -0.3 is 5.32 Å². The highest BCUT2D eigenvalue weighted by Gasteiger charge is 2.10. The van der Waals surface area contributed by atoms with Gasteiger partial charge in [0.2, 0.25) is 5.95 Å². The molecular weight excluding hydrogens is 329 g/mol. The van der Waals surface area contributed by atoms with E-state index in [4.69, 9.17) is 11.6 Å². The van der Waals surface area contributed by atoms with Gasteiger partial charge in [-0.05, 0) is 30.7 Å². The molecule has 0 radical (unpaired) electrons. The summed E-state index contributed by atoms with van der Waals surface area (Å²) in [5.74, 6) is -0.213. The summed E-state index contributed by atoms with van der Waals surface area (Å²) in [6.07, 6.45) is 0.512. The molecule has 3 aromatic rings. The van der Waals surface area contributed by atoms with Crippen LogP contribution in [0.1, 0.15) is 16.8 Å². The number of halogens is 2. The third-order valence-electron chi connectivity index (χ3n) is 3.63. The zero-order valence-electron chi connectivity index (χ0n) is 12.9. The van der Waals surface area contributed by atoms with Crippen LogP contribution in [0.4, 0.5) is 16.0 Å². The molecule has 1 heterocycles. The molecule has 0 unspecified atom stereocenters. The highest BCUT2D eigenvalue weighted by molar-refractivity contribution is 6.31. The minimum Gasteiger partial charge on any atom is -0.326 e. The molecule has 1 aromatic heterocycles. The molecule has 0 aliphatic heterocycles. The largest absolute Gasteiger partial charge is 0.326 e. The number of nitrogens with zero attached hydrogens (tertiary/aromatic N) is 1. The van der Waals surface area contributed by atoms with Crippen LogP contribution in [-0.2, 0) is 6.42 Å². The fourth-order valence-electron chi connectivity index (χ4n) is 2.39. The maximum atomic E-state index is 13.2. The van der Waals surface area contributed by atoms with E-state index >= 15 is 0 Å². The van der Waals surface area contributed by atoms with E-state index in [1.165, 1.54) is 18.2 Å². The number of nitrogens with one attached hydrogen (secondary N) is 2. The van der Waals surface area contributed by atoms with Crippen molar-refractivity contribution in [2.45, 2.75) is 13.3 Å². The Balaban J connectivity index is 1.86. The lowest BCUT2D eigenvalue weighted by atomic mass is 10.1. The van der Waals surface area contributed by atoms with Crippen molar-refractivity contribution in [2.75, 3.05) is 5.32 Å². The Bertz CT molecular complexity index is 925. The average molecular weight is 344 g/mol. The molecule has 0 fully saturated rings. The van der Waals surface area contributed by atoms with Crippen LogP contribution in [0.2, 0.25) is 5.02 Å². The van der Waals surface area contributed by atoms with Crippen LogP contribution in [0.3, 0.4) is 0 Å². The molecule has 3 rings (SSSR count). The Morgan fingerprint density at radius 1 is 1.21 bits per heavy atom. The van der Waals surface area contributed by atoms with E-state index in [2.05, 4.69) is 15.3 Å². The van der Waals surface area contributed by atoms with Crippen LogP contribution in [0.25, 0.3) is 0 Å². The van der Waals surface area contributed by atoms with E-state index in [1.807, 2.05) is 30.3 Å². The monoisotopic (exact) mass is 343 g/mol. The Hall–Kier alpha value is -2.66. The molecule has 6 heteroatoms. The van der Waals surface area contributed by atoms with Crippen molar-refractivity contribution in [2.24, 2.45) is 0 Å². The van der Waals surface area contributed by atoms with Crippen molar-refractivity contribution in [3.8, 4) is 0 Å². The number of hydrogen-bond acceptors (Lipinski definition) is 3. The van der Waals surface area contributed by atoms with Gasteiger partial charge in [0.15, 0.2) is 0 Å². The van der Waals surface area contributed by atoms with Crippen molar-refractivity contribution in [1.82, 2.24) is 9.97 Å². The average Bonchev–Trinajstić information content (AvgIpc) is 2.55. The molecule has 0 saturated carbocycles. The van der Waals surface area contributed by atoms with Gasteiger partial charge in [0, 0.05) is 17.7 Å². The van der Waals surface area contributed by atoms with E-state index < -0.39 is 5.82 Å². The van der Waals surface area contributed by atoms with Gasteiger partial charge in [0.25, 0.3) is 5.56 Å². The van der Waals surface area contributed by atoms with Crippen molar-refractivity contribution >= 4 is 23.2 Å². The smallest absolute Gasteiger partial charge is 0.256 e. The number of aryl methyl sites for hydroxylation is 1. The Morgan fingerprint density at radius 2 is 1.96 bits per heavy atom. The summed E-state index contributed by atoms with van der Waals surface area (Å²) in [7, 11) is 0. The lowest BCUT2D eigenvalue weighted by Crippen LogP contribution is -2.18. The molecule has 24 heavy (non-hydrogen) atoms. The van der Waals surface area contributed by atoms with Gasteiger partial charge in [-0.15, -0.1) is 0 Å². The fourth-order valence-corrected chi connectivity index (χ4v) is 2.57. The summed E-state index contributed by atoms with van der Waals surface area (Å²) in [6.45, 7) is 1.79. The molecule has 0 bridgehead atoms. The lowest BCUT2D eigenvalue weighted by molar-refractivity contribution is 0.628. The van der Waals surface area contributed by atoms with Crippen LogP contribution < -0.4 is 10.9 Å².